The van der Waals surface area contributed by atoms with E-state index in [2.05, 4.69) is 187 Å². The molecule has 2 fully saturated rings. The van der Waals surface area contributed by atoms with Crippen LogP contribution in [0.2, 0.25) is 0 Å². The second-order valence-electron chi connectivity index (χ2n) is 16.7. The molecule has 2 nitrogen and oxygen atoms in total. The molecule has 262 valence electrons. The second kappa shape index (κ2) is 11.8. The van der Waals surface area contributed by atoms with Crippen molar-refractivity contribution in [3.8, 4) is 27.9 Å². The minimum absolute atomic E-state index is 0.101. The van der Waals surface area contributed by atoms with Crippen molar-refractivity contribution in [1.29, 1.82) is 0 Å². The largest absolute Gasteiger partial charge is 0.310 e. The Hall–Kier alpha value is -5.86. The van der Waals surface area contributed by atoms with Crippen molar-refractivity contribution in [1.82, 2.24) is 4.57 Å². The van der Waals surface area contributed by atoms with E-state index in [-0.39, 0.29) is 5.41 Å². The zero-order chi connectivity index (χ0) is 36.0. The second-order valence-corrected chi connectivity index (χ2v) is 16.7. The van der Waals surface area contributed by atoms with E-state index in [0.717, 1.165) is 17.3 Å². The fourth-order valence-corrected chi connectivity index (χ4v) is 10.6. The third kappa shape index (κ3) is 4.72. The monoisotopic (exact) mass is 696 g/mol. The Kier molecular flexibility index (Phi) is 6.93. The van der Waals surface area contributed by atoms with Gasteiger partial charge in [-0.05, 0) is 137 Å². The number of hydrogen-bond donors (Lipinski definition) is 0. The van der Waals surface area contributed by atoms with Crippen molar-refractivity contribution in [3.63, 3.8) is 0 Å². The average molecular weight is 697 g/mol. The summed E-state index contributed by atoms with van der Waals surface area (Å²) in [5.41, 5.74) is 17.1. The maximum absolute atomic E-state index is 2.61. The van der Waals surface area contributed by atoms with Crippen LogP contribution >= 0.6 is 0 Å². The van der Waals surface area contributed by atoms with Crippen LogP contribution < -0.4 is 4.90 Å². The smallest absolute Gasteiger partial charge is 0.0561 e. The minimum Gasteiger partial charge on any atom is -0.310 e. The molecule has 0 amide bonds. The van der Waals surface area contributed by atoms with E-state index < -0.39 is 0 Å². The lowest BCUT2D eigenvalue weighted by Gasteiger charge is -2.30. The first-order chi connectivity index (χ1) is 26.5. The molecule has 0 N–H and O–H groups in total. The summed E-state index contributed by atoms with van der Waals surface area (Å²) in [6.07, 6.45) is 6.92. The molecule has 3 aliphatic rings. The lowest BCUT2D eigenvalue weighted by atomic mass is 9.75. The van der Waals surface area contributed by atoms with Gasteiger partial charge >= 0.3 is 0 Å². The average Bonchev–Trinajstić information content (AvgIpc) is 3.98. The zero-order valence-electron chi connectivity index (χ0n) is 31.1. The van der Waals surface area contributed by atoms with E-state index in [9.17, 15) is 0 Å². The first-order valence-corrected chi connectivity index (χ1v) is 19.8. The van der Waals surface area contributed by atoms with Gasteiger partial charge in [0.05, 0.1) is 11.0 Å². The van der Waals surface area contributed by atoms with Gasteiger partial charge in [0, 0.05) is 38.9 Å². The zero-order valence-corrected chi connectivity index (χ0v) is 31.1. The van der Waals surface area contributed by atoms with Crippen LogP contribution in [0.25, 0.3) is 49.7 Å². The summed E-state index contributed by atoms with van der Waals surface area (Å²) in [7, 11) is 0. The number of hydrogen-bond acceptors (Lipinski definition) is 1. The van der Waals surface area contributed by atoms with Crippen molar-refractivity contribution in [2.75, 3.05) is 4.90 Å². The Labute approximate surface area is 318 Å². The van der Waals surface area contributed by atoms with Crippen molar-refractivity contribution in [3.05, 3.63) is 180 Å². The van der Waals surface area contributed by atoms with Crippen LogP contribution in [-0.4, -0.2) is 4.57 Å². The Morgan fingerprint density at radius 3 is 1.85 bits per heavy atom. The molecule has 0 atom stereocenters. The van der Waals surface area contributed by atoms with Crippen LogP contribution in [0.3, 0.4) is 0 Å². The quantitative estimate of drug-likeness (QED) is 0.168. The number of aromatic nitrogens is 1. The van der Waals surface area contributed by atoms with Crippen LogP contribution in [0.1, 0.15) is 62.6 Å². The fraction of sp³-hybridized carbons (Fsp3) is 0.192. The molecule has 0 saturated heterocycles. The van der Waals surface area contributed by atoms with Crippen molar-refractivity contribution in [2.24, 2.45) is 5.92 Å². The summed E-state index contributed by atoms with van der Waals surface area (Å²) in [6, 6.07) is 61.1. The van der Waals surface area contributed by atoms with E-state index in [1.165, 1.54) is 98.7 Å². The molecule has 2 bridgehead atoms. The van der Waals surface area contributed by atoms with Gasteiger partial charge < -0.3 is 9.47 Å². The highest BCUT2D eigenvalue weighted by molar-refractivity contribution is 6.10. The van der Waals surface area contributed by atoms with Gasteiger partial charge in [0.25, 0.3) is 0 Å². The molecule has 1 aromatic heterocycles. The number of anilines is 3. The molecular weight excluding hydrogens is 653 g/mol. The highest BCUT2D eigenvalue weighted by atomic mass is 15.1. The number of nitrogens with zero attached hydrogens (tertiary/aromatic N) is 2. The van der Waals surface area contributed by atoms with Gasteiger partial charge in [-0.2, -0.15) is 0 Å². The first-order valence-electron chi connectivity index (χ1n) is 19.8. The van der Waals surface area contributed by atoms with Crippen LogP contribution in [-0.2, 0) is 10.8 Å². The predicted octanol–water partition coefficient (Wildman–Crippen LogP) is 14.1. The van der Waals surface area contributed by atoms with E-state index >= 15 is 0 Å². The maximum atomic E-state index is 2.61. The number of para-hydroxylation sites is 2. The highest BCUT2D eigenvalue weighted by Crippen LogP contribution is 2.58. The summed E-state index contributed by atoms with van der Waals surface area (Å²) in [6.45, 7) is 4.89. The molecule has 2 saturated carbocycles. The number of benzene rings is 7. The lowest BCUT2D eigenvalue weighted by molar-refractivity contribution is 0.418. The third-order valence-electron chi connectivity index (χ3n) is 13.4. The molecule has 11 rings (SSSR count). The van der Waals surface area contributed by atoms with Crippen molar-refractivity contribution >= 4 is 38.9 Å². The van der Waals surface area contributed by atoms with Crippen molar-refractivity contribution in [2.45, 2.75) is 56.8 Å². The third-order valence-corrected chi connectivity index (χ3v) is 13.4. The predicted molar refractivity (Wildman–Crippen MR) is 227 cm³/mol. The number of fused-ring (bicyclic) bond motifs is 8. The van der Waals surface area contributed by atoms with Gasteiger partial charge in [0.1, 0.15) is 0 Å². The van der Waals surface area contributed by atoms with Crippen molar-refractivity contribution < 1.29 is 0 Å². The Balaban J connectivity index is 1.08. The number of rotatable bonds is 6. The van der Waals surface area contributed by atoms with Gasteiger partial charge in [0.15, 0.2) is 0 Å². The molecule has 54 heavy (non-hydrogen) atoms. The SMILES string of the molecule is CC1(C)c2cc(N(c3ccc(-c4ccccc4)cc3)c3ccc4c5ccccc5n(-c5ccccc5)c4c3)ccc2-c2ccc(C34CCC(CC3)C4)cc21. The summed E-state index contributed by atoms with van der Waals surface area (Å²) in [5.74, 6) is 0.937. The van der Waals surface area contributed by atoms with Crippen LogP contribution in [0.4, 0.5) is 17.1 Å². The standard InChI is InChI=1S/C52H44N2/c1-51(2)47-31-38(52-29-27-35(34-52)28-30-52)19-24-43(47)44-25-22-41(32-48(44)51)53(40-20-17-37(18-21-40)36-11-5-3-6-12-36)42-23-26-46-45-15-9-10-16-49(45)54(50(46)33-42)39-13-7-4-8-14-39/h3-26,31-33,35H,27-30,34H2,1-2H3. The fourth-order valence-electron chi connectivity index (χ4n) is 10.6. The Bertz CT molecular complexity index is 2710. The van der Waals surface area contributed by atoms with Crippen LogP contribution in [0, 0.1) is 5.92 Å². The first kappa shape index (κ1) is 31.6. The molecular formula is C52H44N2. The molecule has 0 aliphatic heterocycles. The molecule has 0 unspecified atom stereocenters. The lowest BCUT2D eigenvalue weighted by Crippen LogP contribution is -2.21. The molecule has 2 heteroatoms. The molecule has 0 spiro atoms. The van der Waals surface area contributed by atoms with Gasteiger partial charge in [-0.1, -0.05) is 123 Å². The van der Waals surface area contributed by atoms with E-state index in [0.29, 0.717) is 5.41 Å². The van der Waals surface area contributed by atoms with Crippen LogP contribution in [0.5, 0.6) is 0 Å². The van der Waals surface area contributed by atoms with Crippen LogP contribution in [0.15, 0.2) is 164 Å². The van der Waals surface area contributed by atoms with Gasteiger partial charge in [-0.15, -0.1) is 0 Å². The Morgan fingerprint density at radius 2 is 1.11 bits per heavy atom. The summed E-state index contributed by atoms with van der Waals surface area (Å²) >= 11 is 0. The highest BCUT2D eigenvalue weighted by Gasteiger charge is 2.47. The molecule has 7 aromatic carbocycles. The van der Waals surface area contributed by atoms with Gasteiger partial charge in [-0.3, -0.25) is 0 Å². The topological polar surface area (TPSA) is 8.17 Å². The normalized spacial score (nSPS) is 19.3. The minimum atomic E-state index is -0.101. The molecule has 8 aromatic rings. The van der Waals surface area contributed by atoms with E-state index in [1.807, 2.05) is 0 Å². The Morgan fingerprint density at radius 1 is 0.519 bits per heavy atom. The summed E-state index contributed by atoms with van der Waals surface area (Å²) in [4.78, 5) is 2.46. The maximum Gasteiger partial charge on any atom is 0.0561 e. The van der Waals surface area contributed by atoms with E-state index in [4.69, 9.17) is 0 Å². The summed E-state index contributed by atoms with van der Waals surface area (Å²) < 4.78 is 2.42. The van der Waals surface area contributed by atoms with E-state index in [1.54, 1.807) is 5.56 Å². The molecule has 3 aliphatic carbocycles. The van der Waals surface area contributed by atoms with Gasteiger partial charge in [-0.25, -0.2) is 0 Å². The molecule has 1 heterocycles. The summed E-state index contributed by atoms with van der Waals surface area (Å²) in [5, 5.41) is 2.53. The molecule has 0 radical (unpaired) electrons. The van der Waals surface area contributed by atoms with Gasteiger partial charge in [0.2, 0.25) is 0 Å².